The molecule has 0 saturated heterocycles. The first-order valence-electron chi connectivity index (χ1n) is 4.20. The summed E-state index contributed by atoms with van der Waals surface area (Å²) < 4.78 is 0. The van der Waals surface area contributed by atoms with Crippen LogP contribution in [-0.4, -0.2) is 28.5 Å². The second-order valence-electron chi connectivity index (χ2n) is 2.67. The zero-order valence-corrected chi connectivity index (χ0v) is 9.73. The molecule has 0 radical (unpaired) electrons. The Morgan fingerprint density at radius 3 is 3.00 bits per heavy atom. The van der Waals surface area contributed by atoms with Crippen LogP contribution >= 0.6 is 23.1 Å². The average molecular weight is 256 g/mol. The third kappa shape index (κ3) is 3.56. The quantitative estimate of drug-likeness (QED) is 0.782. The number of nitrogens with zero attached hydrogens (tertiary/aromatic N) is 1. The van der Waals surface area contributed by atoms with Gasteiger partial charge in [-0.1, -0.05) is 0 Å². The topological polar surface area (TPSA) is 90.2 Å². The number of carbonyl (C=O) groups is 2. The fourth-order valence-electron chi connectivity index (χ4n) is 0.927. The number of hydrogen-bond donors (Lipinski definition) is 2. The van der Waals surface area contributed by atoms with Crippen LogP contribution in [0.15, 0.2) is 11.4 Å². The number of nitrogens with one attached hydrogen (secondary N) is 1. The molecule has 1 aromatic rings. The van der Waals surface area contributed by atoms with Gasteiger partial charge in [-0.2, -0.15) is 5.26 Å². The van der Waals surface area contributed by atoms with Crippen LogP contribution in [0, 0.1) is 11.3 Å². The molecule has 0 fully saturated rings. The van der Waals surface area contributed by atoms with E-state index in [1.54, 1.807) is 5.38 Å². The molecule has 0 atom stereocenters. The van der Waals surface area contributed by atoms with Gasteiger partial charge in [0.2, 0.25) is 5.91 Å². The number of hydrogen-bond acceptors (Lipinski definition) is 5. The molecule has 2 N–H and O–H groups in total. The zero-order valence-electron chi connectivity index (χ0n) is 8.10. The van der Waals surface area contributed by atoms with Crippen LogP contribution in [0.5, 0.6) is 0 Å². The maximum absolute atomic E-state index is 11.3. The number of amides is 1. The van der Waals surface area contributed by atoms with Gasteiger partial charge in [-0.05, 0) is 11.4 Å². The van der Waals surface area contributed by atoms with E-state index in [9.17, 15) is 9.59 Å². The molecule has 7 heteroatoms. The van der Waals surface area contributed by atoms with E-state index in [2.05, 4.69) is 5.32 Å². The standard InChI is InChI=1S/C9H8N2O3S2/c10-2-4-15-5-7(12)11-8-6(9(13)14)1-3-16-8/h1,3H,4-5H2,(H,11,12)(H,13,14). The summed E-state index contributed by atoms with van der Waals surface area (Å²) in [6.45, 7) is 0. The molecule has 16 heavy (non-hydrogen) atoms. The van der Waals surface area contributed by atoms with E-state index in [1.165, 1.54) is 17.8 Å². The van der Waals surface area contributed by atoms with Crippen molar-refractivity contribution in [3.05, 3.63) is 17.0 Å². The minimum absolute atomic E-state index is 0.0867. The van der Waals surface area contributed by atoms with Crippen LogP contribution < -0.4 is 5.32 Å². The molecule has 0 aliphatic carbocycles. The van der Waals surface area contributed by atoms with E-state index in [0.717, 1.165) is 11.3 Å². The van der Waals surface area contributed by atoms with Gasteiger partial charge in [0.25, 0.3) is 0 Å². The number of carbonyl (C=O) groups excluding carboxylic acids is 1. The molecule has 0 spiro atoms. The van der Waals surface area contributed by atoms with E-state index >= 15 is 0 Å². The van der Waals surface area contributed by atoms with Crippen molar-refractivity contribution >= 4 is 40.0 Å². The van der Waals surface area contributed by atoms with E-state index in [4.69, 9.17) is 10.4 Å². The fraction of sp³-hybridized carbons (Fsp3) is 0.222. The highest BCUT2D eigenvalue weighted by Gasteiger charge is 2.13. The Hall–Kier alpha value is -1.52. The van der Waals surface area contributed by atoms with Crippen LogP contribution in [0.2, 0.25) is 0 Å². The lowest BCUT2D eigenvalue weighted by atomic mass is 10.3. The Kier molecular flexibility index (Phi) is 4.82. The first kappa shape index (κ1) is 12.5. The van der Waals surface area contributed by atoms with Crippen LogP contribution in [0.25, 0.3) is 0 Å². The highest BCUT2D eigenvalue weighted by Crippen LogP contribution is 2.23. The number of nitriles is 1. The molecule has 0 bridgehead atoms. The van der Waals surface area contributed by atoms with Crippen molar-refractivity contribution < 1.29 is 14.7 Å². The molecule has 1 rings (SSSR count). The molecule has 1 aromatic heterocycles. The monoisotopic (exact) mass is 256 g/mol. The SMILES string of the molecule is N#CCSCC(=O)Nc1sccc1C(=O)O. The number of carboxylic acid groups (broad SMARTS) is 1. The minimum atomic E-state index is -1.07. The molecule has 0 aliphatic rings. The van der Waals surface area contributed by atoms with Gasteiger partial charge >= 0.3 is 5.97 Å². The molecule has 0 unspecified atom stereocenters. The second-order valence-corrected chi connectivity index (χ2v) is 4.57. The first-order valence-corrected chi connectivity index (χ1v) is 6.24. The van der Waals surface area contributed by atoms with Crippen LogP contribution in [0.4, 0.5) is 5.00 Å². The number of thiophene rings is 1. The molecule has 0 aromatic carbocycles. The molecule has 5 nitrogen and oxygen atoms in total. The molecule has 0 aliphatic heterocycles. The predicted octanol–water partition coefficient (Wildman–Crippen LogP) is 1.64. The van der Waals surface area contributed by atoms with Crippen molar-refractivity contribution in [3.8, 4) is 6.07 Å². The molecular formula is C9H8N2O3S2. The van der Waals surface area contributed by atoms with Gasteiger partial charge in [0.05, 0.1) is 23.1 Å². The van der Waals surface area contributed by atoms with E-state index in [-0.39, 0.29) is 23.0 Å². The van der Waals surface area contributed by atoms with Crippen LogP contribution in [0.3, 0.4) is 0 Å². The Balaban J connectivity index is 2.53. The van der Waals surface area contributed by atoms with Crippen molar-refractivity contribution in [3.63, 3.8) is 0 Å². The lowest BCUT2D eigenvalue weighted by Crippen LogP contribution is -2.15. The number of rotatable bonds is 5. The predicted molar refractivity (Wildman–Crippen MR) is 62.8 cm³/mol. The normalized spacial score (nSPS) is 9.44. The van der Waals surface area contributed by atoms with Crippen molar-refractivity contribution in [1.29, 1.82) is 5.26 Å². The highest BCUT2D eigenvalue weighted by atomic mass is 32.2. The maximum atomic E-state index is 11.3. The molecule has 1 amide bonds. The Labute approximate surface area is 100 Å². The summed E-state index contributed by atoms with van der Waals surface area (Å²) in [6.07, 6.45) is 0. The molecule has 0 saturated carbocycles. The third-order valence-corrected chi connectivity index (χ3v) is 3.18. The number of carboxylic acids is 1. The summed E-state index contributed by atoms with van der Waals surface area (Å²) in [5.74, 6) is -0.986. The molecule has 1 heterocycles. The van der Waals surface area contributed by atoms with Gasteiger partial charge in [0.1, 0.15) is 5.00 Å². The summed E-state index contributed by atoms with van der Waals surface area (Å²) in [4.78, 5) is 22.1. The van der Waals surface area contributed by atoms with E-state index < -0.39 is 5.97 Å². The van der Waals surface area contributed by atoms with Gasteiger partial charge in [-0.3, -0.25) is 4.79 Å². The lowest BCUT2D eigenvalue weighted by Gasteiger charge is -2.02. The lowest BCUT2D eigenvalue weighted by molar-refractivity contribution is -0.113. The zero-order chi connectivity index (χ0) is 12.0. The minimum Gasteiger partial charge on any atom is -0.478 e. The smallest absolute Gasteiger partial charge is 0.338 e. The Morgan fingerprint density at radius 2 is 2.38 bits per heavy atom. The molecular weight excluding hydrogens is 248 g/mol. The number of anilines is 1. The second kappa shape index (κ2) is 6.15. The Morgan fingerprint density at radius 1 is 1.62 bits per heavy atom. The van der Waals surface area contributed by atoms with Gasteiger partial charge in [-0.15, -0.1) is 23.1 Å². The summed E-state index contributed by atoms with van der Waals surface area (Å²) in [5, 5.41) is 21.5. The molecule has 84 valence electrons. The summed E-state index contributed by atoms with van der Waals surface area (Å²) in [5.41, 5.74) is 0.0867. The van der Waals surface area contributed by atoms with Gasteiger partial charge < -0.3 is 10.4 Å². The first-order chi connectivity index (χ1) is 7.65. The third-order valence-electron chi connectivity index (χ3n) is 1.55. The average Bonchev–Trinajstić information content (AvgIpc) is 2.66. The van der Waals surface area contributed by atoms with Crippen LogP contribution in [-0.2, 0) is 4.79 Å². The van der Waals surface area contributed by atoms with Gasteiger partial charge in [0, 0.05) is 0 Å². The highest BCUT2D eigenvalue weighted by molar-refractivity contribution is 8.00. The number of aromatic carboxylic acids is 1. The summed E-state index contributed by atoms with van der Waals surface area (Å²) in [7, 11) is 0. The van der Waals surface area contributed by atoms with Crippen molar-refractivity contribution in [2.24, 2.45) is 0 Å². The van der Waals surface area contributed by atoms with Crippen molar-refractivity contribution in [2.45, 2.75) is 0 Å². The van der Waals surface area contributed by atoms with Crippen molar-refractivity contribution in [1.82, 2.24) is 0 Å². The van der Waals surface area contributed by atoms with Crippen LogP contribution in [0.1, 0.15) is 10.4 Å². The summed E-state index contributed by atoms with van der Waals surface area (Å²) in [6, 6.07) is 3.34. The van der Waals surface area contributed by atoms with Gasteiger partial charge in [-0.25, -0.2) is 4.79 Å². The maximum Gasteiger partial charge on any atom is 0.338 e. The van der Waals surface area contributed by atoms with Crippen molar-refractivity contribution in [2.75, 3.05) is 16.8 Å². The fourth-order valence-corrected chi connectivity index (χ4v) is 2.17. The Bertz CT molecular complexity index is 436. The van der Waals surface area contributed by atoms with E-state index in [1.807, 2.05) is 6.07 Å². The number of thioether (sulfide) groups is 1. The largest absolute Gasteiger partial charge is 0.478 e. The van der Waals surface area contributed by atoms with Gasteiger partial charge in [0.15, 0.2) is 0 Å². The summed E-state index contributed by atoms with van der Waals surface area (Å²) >= 11 is 2.34. The van der Waals surface area contributed by atoms with E-state index in [0.29, 0.717) is 5.00 Å².